The first-order valence-corrected chi connectivity index (χ1v) is 8.78. The van der Waals surface area contributed by atoms with Crippen LogP contribution < -0.4 is 10.6 Å². The van der Waals surface area contributed by atoms with Gasteiger partial charge in [0.1, 0.15) is 0 Å². The molecule has 0 aliphatic carbocycles. The van der Waals surface area contributed by atoms with Gasteiger partial charge in [-0.05, 0) is 42.2 Å². The van der Waals surface area contributed by atoms with Crippen molar-refractivity contribution >= 4 is 34.4 Å². The van der Waals surface area contributed by atoms with E-state index in [0.29, 0.717) is 5.11 Å². The minimum Gasteiger partial charge on any atom is -0.356 e. The number of thiophene rings is 1. The number of nitrogens with one attached hydrogen (secondary N) is 2. The Morgan fingerprint density at radius 1 is 0.957 bits per heavy atom. The normalized spacial score (nSPS) is 11.7. The van der Waals surface area contributed by atoms with Crippen LogP contribution in [-0.4, -0.2) is 5.11 Å². The fourth-order valence-electron chi connectivity index (χ4n) is 2.42. The standard InChI is InChI=1S/C19H18N2S2/c1-14(15-8-3-2-4-9-15)20-19(22)21-17-11-6-5-10-16(17)18-12-7-13-23-18/h2-14H,1H3,(H2,20,21,22)/t14-/m1/s1. The van der Waals surface area contributed by atoms with Crippen LogP contribution in [0.4, 0.5) is 5.69 Å². The van der Waals surface area contributed by atoms with Crippen molar-refractivity contribution in [2.24, 2.45) is 0 Å². The first-order valence-electron chi connectivity index (χ1n) is 7.49. The van der Waals surface area contributed by atoms with Gasteiger partial charge in [0.15, 0.2) is 5.11 Å². The molecule has 0 radical (unpaired) electrons. The predicted octanol–water partition coefficient (Wildman–Crippen LogP) is 5.46. The average molecular weight is 339 g/mol. The zero-order valence-corrected chi connectivity index (χ0v) is 14.5. The van der Waals surface area contributed by atoms with Gasteiger partial charge in [0.05, 0.1) is 6.04 Å². The summed E-state index contributed by atoms with van der Waals surface area (Å²) in [5, 5.41) is 9.38. The van der Waals surface area contributed by atoms with Crippen molar-refractivity contribution in [3.05, 3.63) is 77.7 Å². The van der Waals surface area contributed by atoms with Crippen LogP contribution in [-0.2, 0) is 0 Å². The van der Waals surface area contributed by atoms with Crippen molar-refractivity contribution in [3.63, 3.8) is 0 Å². The highest BCUT2D eigenvalue weighted by atomic mass is 32.1. The Kier molecular flexibility index (Phi) is 5.05. The van der Waals surface area contributed by atoms with Crippen LogP contribution in [0.25, 0.3) is 10.4 Å². The lowest BCUT2D eigenvalue weighted by Gasteiger charge is -2.18. The highest BCUT2D eigenvalue weighted by Crippen LogP contribution is 2.31. The van der Waals surface area contributed by atoms with E-state index in [4.69, 9.17) is 12.2 Å². The van der Waals surface area contributed by atoms with Crippen molar-refractivity contribution in [3.8, 4) is 10.4 Å². The summed E-state index contributed by atoms with van der Waals surface area (Å²) >= 11 is 7.21. The number of thiocarbonyl (C=S) groups is 1. The highest BCUT2D eigenvalue weighted by molar-refractivity contribution is 7.80. The van der Waals surface area contributed by atoms with Gasteiger partial charge < -0.3 is 10.6 Å². The third kappa shape index (κ3) is 3.97. The third-order valence-corrected chi connectivity index (χ3v) is 4.73. The van der Waals surface area contributed by atoms with E-state index in [1.165, 1.54) is 16.0 Å². The van der Waals surface area contributed by atoms with Crippen LogP contribution in [0, 0.1) is 0 Å². The maximum Gasteiger partial charge on any atom is 0.171 e. The molecule has 2 aromatic carbocycles. The average Bonchev–Trinajstić information content (AvgIpc) is 3.10. The number of benzene rings is 2. The van der Waals surface area contributed by atoms with E-state index in [0.717, 1.165) is 5.69 Å². The van der Waals surface area contributed by atoms with Gasteiger partial charge in [-0.3, -0.25) is 0 Å². The fraction of sp³-hybridized carbons (Fsp3) is 0.105. The smallest absolute Gasteiger partial charge is 0.171 e. The molecular weight excluding hydrogens is 320 g/mol. The molecule has 0 unspecified atom stereocenters. The summed E-state index contributed by atoms with van der Waals surface area (Å²) < 4.78 is 0. The van der Waals surface area contributed by atoms with Gasteiger partial charge in [-0.15, -0.1) is 11.3 Å². The van der Waals surface area contributed by atoms with Crippen molar-refractivity contribution < 1.29 is 0 Å². The zero-order valence-electron chi connectivity index (χ0n) is 12.8. The van der Waals surface area contributed by atoms with Gasteiger partial charge in [-0.2, -0.15) is 0 Å². The van der Waals surface area contributed by atoms with Gasteiger partial charge in [-0.1, -0.05) is 54.6 Å². The molecule has 0 saturated carbocycles. The second-order valence-corrected chi connectivity index (χ2v) is 6.61. The summed E-state index contributed by atoms with van der Waals surface area (Å²) in [4.78, 5) is 1.23. The number of hydrogen-bond donors (Lipinski definition) is 2. The van der Waals surface area contributed by atoms with E-state index in [1.807, 2.05) is 30.3 Å². The Bertz CT molecular complexity index is 767. The first-order chi connectivity index (χ1) is 11.2. The zero-order chi connectivity index (χ0) is 16.1. The van der Waals surface area contributed by atoms with Crippen LogP contribution in [0.2, 0.25) is 0 Å². The van der Waals surface area contributed by atoms with Crippen molar-refractivity contribution in [1.82, 2.24) is 5.32 Å². The maximum atomic E-state index is 5.48. The first kappa shape index (κ1) is 15.7. The lowest BCUT2D eigenvalue weighted by molar-refractivity contribution is 0.723. The lowest BCUT2D eigenvalue weighted by Crippen LogP contribution is -2.31. The summed E-state index contributed by atoms with van der Waals surface area (Å²) in [6.45, 7) is 2.11. The molecule has 116 valence electrons. The summed E-state index contributed by atoms with van der Waals surface area (Å²) in [5.74, 6) is 0. The third-order valence-electron chi connectivity index (χ3n) is 3.61. The largest absolute Gasteiger partial charge is 0.356 e. The summed E-state index contributed by atoms with van der Waals surface area (Å²) in [5.41, 5.74) is 3.40. The molecule has 1 heterocycles. The molecule has 2 N–H and O–H groups in total. The van der Waals surface area contributed by atoms with Gasteiger partial charge >= 0.3 is 0 Å². The topological polar surface area (TPSA) is 24.1 Å². The molecule has 0 bridgehead atoms. The summed E-state index contributed by atoms with van der Waals surface area (Å²) in [6.07, 6.45) is 0. The molecule has 0 aliphatic rings. The van der Waals surface area contributed by atoms with Crippen molar-refractivity contribution in [1.29, 1.82) is 0 Å². The molecule has 2 nitrogen and oxygen atoms in total. The molecular formula is C19H18N2S2. The molecule has 0 saturated heterocycles. The molecule has 0 amide bonds. The second kappa shape index (κ2) is 7.40. The van der Waals surface area contributed by atoms with E-state index in [9.17, 15) is 0 Å². The Hall–Kier alpha value is -2.17. The Balaban J connectivity index is 1.72. The summed E-state index contributed by atoms with van der Waals surface area (Å²) in [6, 6.07) is 22.8. The lowest BCUT2D eigenvalue weighted by atomic mass is 10.1. The second-order valence-electron chi connectivity index (χ2n) is 5.25. The predicted molar refractivity (Wildman–Crippen MR) is 104 cm³/mol. The maximum absolute atomic E-state index is 5.48. The minimum absolute atomic E-state index is 0.158. The minimum atomic E-state index is 0.158. The molecule has 4 heteroatoms. The molecule has 3 aromatic rings. The van der Waals surface area contributed by atoms with E-state index in [2.05, 4.69) is 59.3 Å². The Labute approximate surface area is 146 Å². The highest BCUT2D eigenvalue weighted by Gasteiger charge is 2.09. The van der Waals surface area contributed by atoms with E-state index >= 15 is 0 Å². The number of rotatable bonds is 4. The summed E-state index contributed by atoms with van der Waals surface area (Å²) in [7, 11) is 0. The molecule has 1 aromatic heterocycles. The SMILES string of the molecule is C[C@@H](NC(=S)Nc1ccccc1-c1cccs1)c1ccccc1. The molecule has 1 atom stereocenters. The van der Waals surface area contributed by atoms with Gasteiger partial charge in [0, 0.05) is 16.1 Å². The van der Waals surface area contributed by atoms with Crippen LogP contribution in [0.15, 0.2) is 72.1 Å². The molecule has 23 heavy (non-hydrogen) atoms. The van der Waals surface area contributed by atoms with Crippen molar-refractivity contribution in [2.75, 3.05) is 5.32 Å². The number of hydrogen-bond acceptors (Lipinski definition) is 2. The molecule has 0 spiro atoms. The van der Waals surface area contributed by atoms with Gasteiger partial charge in [0.25, 0.3) is 0 Å². The van der Waals surface area contributed by atoms with Crippen LogP contribution in [0.5, 0.6) is 0 Å². The van der Waals surface area contributed by atoms with Crippen LogP contribution in [0.1, 0.15) is 18.5 Å². The van der Waals surface area contributed by atoms with Crippen LogP contribution in [0.3, 0.4) is 0 Å². The molecule has 0 fully saturated rings. The van der Waals surface area contributed by atoms with E-state index < -0.39 is 0 Å². The Morgan fingerprint density at radius 3 is 2.43 bits per heavy atom. The molecule has 0 aliphatic heterocycles. The van der Waals surface area contributed by atoms with Crippen molar-refractivity contribution in [2.45, 2.75) is 13.0 Å². The van der Waals surface area contributed by atoms with E-state index in [-0.39, 0.29) is 6.04 Å². The molecule has 3 rings (SSSR count). The van der Waals surface area contributed by atoms with E-state index in [1.54, 1.807) is 11.3 Å². The van der Waals surface area contributed by atoms with Gasteiger partial charge in [0.2, 0.25) is 0 Å². The van der Waals surface area contributed by atoms with Gasteiger partial charge in [-0.25, -0.2) is 0 Å². The quantitative estimate of drug-likeness (QED) is 0.617. The number of anilines is 1. The van der Waals surface area contributed by atoms with Crippen LogP contribution >= 0.6 is 23.6 Å². The fourth-order valence-corrected chi connectivity index (χ4v) is 3.47. The number of para-hydroxylation sites is 1. The Morgan fingerprint density at radius 2 is 1.70 bits per heavy atom. The monoisotopic (exact) mass is 338 g/mol.